The third-order valence-corrected chi connectivity index (χ3v) is 3.92. The van der Waals surface area contributed by atoms with E-state index in [2.05, 4.69) is 63.1 Å². The molecule has 1 aliphatic heterocycles. The van der Waals surface area contributed by atoms with Crippen LogP contribution in [0.2, 0.25) is 0 Å². The van der Waals surface area contributed by atoms with E-state index in [0.717, 1.165) is 30.5 Å². The molecule has 0 spiro atoms. The number of likely N-dealkylation sites (N-methyl/N-ethyl adjacent to an activating group) is 1. The molecular weight excluding hydrogens is 290 g/mol. The summed E-state index contributed by atoms with van der Waals surface area (Å²) in [5, 5.41) is 9.00. The van der Waals surface area contributed by atoms with Gasteiger partial charge in [0.25, 0.3) is 0 Å². The van der Waals surface area contributed by atoms with Gasteiger partial charge in [-0.05, 0) is 44.3 Å². The van der Waals surface area contributed by atoms with E-state index in [0.29, 0.717) is 12.5 Å². The molecule has 1 aromatic rings. The molecule has 2 rings (SSSR count). The number of rotatable bonds is 2. The van der Waals surface area contributed by atoms with Gasteiger partial charge in [0.2, 0.25) is 0 Å². The van der Waals surface area contributed by atoms with E-state index in [-0.39, 0.29) is 0 Å². The zero-order valence-corrected chi connectivity index (χ0v) is 12.2. The Labute approximate surface area is 117 Å². The Hall–Kier alpha value is -1.05. The van der Waals surface area contributed by atoms with Crippen LogP contribution in [0, 0.1) is 11.3 Å². The van der Waals surface area contributed by atoms with E-state index < -0.39 is 0 Å². The minimum absolute atomic E-state index is 0.295. The van der Waals surface area contributed by atoms with Gasteiger partial charge in [-0.3, -0.25) is 0 Å². The molecule has 0 N–H and O–H groups in total. The second-order valence-corrected chi connectivity index (χ2v) is 5.72. The molecule has 1 fully saturated rings. The van der Waals surface area contributed by atoms with Crippen LogP contribution in [0.15, 0.2) is 28.7 Å². The fourth-order valence-corrected chi connectivity index (χ4v) is 2.76. The molecule has 1 heterocycles. The first-order chi connectivity index (χ1) is 8.70. The summed E-state index contributed by atoms with van der Waals surface area (Å²) in [6, 6.07) is 11.0. The minimum Gasteiger partial charge on any atom is -0.366 e. The number of hydrogen-bond donors (Lipinski definition) is 0. The second-order valence-electron chi connectivity index (χ2n) is 4.80. The molecule has 0 radical (unpaired) electrons. The van der Waals surface area contributed by atoms with Crippen molar-refractivity contribution in [2.45, 2.75) is 18.9 Å². The van der Waals surface area contributed by atoms with Gasteiger partial charge in [-0.25, -0.2) is 0 Å². The third kappa shape index (κ3) is 3.24. The highest BCUT2D eigenvalue weighted by atomic mass is 79.9. The topological polar surface area (TPSA) is 30.3 Å². The van der Waals surface area contributed by atoms with Gasteiger partial charge in [0.1, 0.15) is 0 Å². The molecule has 1 aromatic carbocycles. The van der Waals surface area contributed by atoms with E-state index in [9.17, 15) is 0 Å². The lowest BCUT2D eigenvalue weighted by molar-refractivity contribution is 0.332. The van der Waals surface area contributed by atoms with Crippen LogP contribution in [0.5, 0.6) is 0 Å². The molecule has 18 heavy (non-hydrogen) atoms. The molecule has 0 amide bonds. The van der Waals surface area contributed by atoms with Crippen molar-refractivity contribution in [2.75, 3.05) is 31.6 Å². The average molecular weight is 308 g/mol. The quantitative estimate of drug-likeness (QED) is 0.841. The van der Waals surface area contributed by atoms with Crippen LogP contribution in [0.3, 0.4) is 0 Å². The maximum atomic E-state index is 9.00. The Balaban J connectivity index is 2.21. The van der Waals surface area contributed by atoms with Gasteiger partial charge < -0.3 is 9.80 Å². The van der Waals surface area contributed by atoms with E-state index in [1.54, 1.807) is 0 Å². The maximum absolute atomic E-state index is 9.00. The standard InChI is InChI=1S/C14H18BrN3/c1-17-9-2-10-18(14(11-17)7-8-16)13-5-3-12(15)4-6-13/h3-6,14H,2,7,9-11H2,1H3. The molecule has 1 unspecified atom stereocenters. The summed E-state index contributed by atoms with van der Waals surface area (Å²) in [4.78, 5) is 4.69. The van der Waals surface area contributed by atoms with Crippen LogP contribution in [0.4, 0.5) is 5.69 Å². The lowest BCUT2D eigenvalue weighted by atomic mass is 10.1. The van der Waals surface area contributed by atoms with Crippen molar-refractivity contribution in [1.82, 2.24) is 4.90 Å². The third-order valence-electron chi connectivity index (χ3n) is 3.39. The van der Waals surface area contributed by atoms with Gasteiger partial charge in [-0.15, -0.1) is 0 Å². The molecule has 3 nitrogen and oxygen atoms in total. The molecule has 1 atom stereocenters. The Bertz CT molecular complexity index is 424. The molecule has 4 heteroatoms. The summed E-state index contributed by atoms with van der Waals surface area (Å²) in [6.07, 6.45) is 1.73. The van der Waals surface area contributed by atoms with Crippen LogP contribution in [0.1, 0.15) is 12.8 Å². The first-order valence-electron chi connectivity index (χ1n) is 6.28. The monoisotopic (exact) mass is 307 g/mol. The minimum atomic E-state index is 0.295. The van der Waals surface area contributed by atoms with Crippen molar-refractivity contribution in [1.29, 1.82) is 5.26 Å². The van der Waals surface area contributed by atoms with Crippen molar-refractivity contribution in [3.63, 3.8) is 0 Å². The SMILES string of the molecule is CN1CCCN(c2ccc(Br)cc2)C(CC#N)C1. The zero-order valence-electron chi connectivity index (χ0n) is 10.6. The van der Waals surface area contributed by atoms with Crippen LogP contribution >= 0.6 is 15.9 Å². The number of hydrogen-bond acceptors (Lipinski definition) is 3. The van der Waals surface area contributed by atoms with Crippen molar-refractivity contribution >= 4 is 21.6 Å². The largest absolute Gasteiger partial charge is 0.366 e. The molecule has 1 aliphatic rings. The Morgan fingerprint density at radius 1 is 1.33 bits per heavy atom. The number of benzene rings is 1. The van der Waals surface area contributed by atoms with Gasteiger partial charge in [0, 0.05) is 23.2 Å². The number of anilines is 1. The van der Waals surface area contributed by atoms with Crippen molar-refractivity contribution in [2.24, 2.45) is 0 Å². The number of nitrogens with zero attached hydrogens (tertiary/aromatic N) is 3. The zero-order chi connectivity index (χ0) is 13.0. The fourth-order valence-electron chi connectivity index (χ4n) is 2.50. The van der Waals surface area contributed by atoms with Crippen LogP contribution in [0.25, 0.3) is 0 Å². The van der Waals surface area contributed by atoms with Crippen molar-refractivity contribution < 1.29 is 0 Å². The first-order valence-corrected chi connectivity index (χ1v) is 7.07. The van der Waals surface area contributed by atoms with Crippen molar-refractivity contribution in [3.05, 3.63) is 28.7 Å². The summed E-state index contributed by atoms with van der Waals surface area (Å²) in [7, 11) is 2.13. The smallest absolute Gasteiger partial charge is 0.0643 e. The normalized spacial score (nSPS) is 21.4. The number of halogens is 1. The summed E-state index contributed by atoms with van der Waals surface area (Å²) >= 11 is 3.46. The predicted octanol–water partition coefficient (Wildman–Crippen LogP) is 2.87. The maximum Gasteiger partial charge on any atom is 0.0643 e. The Morgan fingerprint density at radius 2 is 2.06 bits per heavy atom. The highest BCUT2D eigenvalue weighted by Crippen LogP contribution is 2.23. The van der Waals surface area contributed by atoms with E-state index in [1.807, 2.05) is 0 Å². The molecule has 0 saturated carbocycles. The van der Waals surface area contributed by atoms with Gasteiger partial charge in [0.05, 0.1) is 18.5 Å². The van der Waals surface area contributed by atoms with E-state index in [4.69, 9.17) is 5.26 Å². The summed E-state index contributed by atoms with van der Waals surface area (Å²) in [5.74, 6) is 0. The highest BCUT2D eigenvalue weighted by Gasteiger charge is 2.23. The second kappa shape index (κ2) is 6.21. The Morgan fingerprint density at radius 3 is 2.72 bits per heavy atom. The van der Waals surface area contributed by atoms with Crippen LogP contribution < -0.4 is 4.90 Å². The predicted molar refractivity (Wildman–Crippen MR) is 77.6 cm³/mol. The lowest BCUT2D eigenvalue weighted by Crippen LogP contribution is -2.40. The highest BCUT2D eigenvalue weighted by molar-refractivity contribution is 9.10. The number of nitriles is 1. The van der Waals surface area contributed by atoms with E-state index >= 15 is 0 Å². The van der Waals surface area contributed by atoms with Crippen LogP contribution in [-0.4, -0.2) is 37.6 Å². The van der Waals surface area contributed by atoms with Gasteiger partial charge in [0.15, 0.2) is 0 Å². The molecule has 96 valence electrons. The van der Waals surface area contributed by atoms with Gasteiger partial charge >= 0.3 is 0 Å². The Kier molecular flexibility index (Phi) is 4.62. The first kappa shape index (κ1) is 13.4. The summed E-state index contributed by atoms with van der Waals surface area (Å²) in [6.45, 7) is 3.09. The van der Waals surface area contributed by atoms with Gasteiger partial charge in [-0.2, -0.15) is 5.26 Å². The molecule has 0 aliphatic carbocycles. The molecule has 0 bridgehead atoms. The molecule has 1 saturated heterocycles. The van der Waals surface area contributed by atoms with Crippen molar-refractivity contribution in [3.8, 4) is 6.07 Å². The fraction of sp³-hybridized carbons (Fsp3) is 0.500. The van der Waals surface area contributed by atoms with E-state index in [1.165, 1.54) is 5.69 Å². The molecule has 0 aromatic heterocycles. The van der Waals surface area contributed by atoms with Crippen LogP contribution in [-0.2, 0) is 0 Å². The molecular formula is C14H18BrN3. The average Bonchev–Trinajstić information content (AvgIpc) is 2.53. The summed E-state index contributed by atoms with van der Waals surface area (Å²) < 4.78 is 1.09. The summed E-state index contributed by atoms with van der Waals surface area (Å²) in [5.41, 5.74) is 1.22. The van der Waals surface area contributed by atoms with Gasteiger partial charge in [-0.1, -0.05) is 15.9 Å². The lowest BCUT2D eigenvalue weighted by Gasteiger charge is -2.31.